The molecule has 0 saturated carbocycles. The topological polar surface area (TPSA) is 56.6 Å². The number of nitrogens with zero attached hydrogens (tertiary/aromatic N) is 3. The molecule has 0 aliphatic heterocycles. The summed E-state index contributed by atoms with van der Waals surface area (Å²) in [6.45, 7) is 0. The first-order chi connectivity index (χ1) is 10.4. The van der Waals surface area contributed by atoms with Crippen molar-refractivity contribution in [3.63, 3.8) is 0 Å². The summed E-state index contributed by atoms with van der Waals surface area (Å²) >= 11 is 0. The standard InChI is InChI=1S/C16H13N3O2/c1-20-13-8-6-12(7-9-13)10-19-21-16-14-4-2-3-5-15(14)17-11-18-16/h2-11H,1H3. The molecule has 3 aromatic rings. The normalized spacial score (nSPS) is 10.9. The third-order valence-electron chi connectivity index (χ3n) is 2.96. The van der Waals surface area contributed by atoms with Crippen molar-refractivity contribution in [3.05, 3.63) is 60.4 Å². The van der Waals surface area contributed by atoms with E-state index >= 15 is 0 Å². The van der Waals surface area contributed by atoms with Gasteiger partial charge < -0.3 is 9.57 Å². The maximum Gasteiger partial charge on any atom is 0.259 e. The van der Waals surface area contributed by atoms with E-state index in [2.05, 4.69) is 15.1 Å². The summed E-state index contributed by atoms with van der Waals surface area (Å²) in [7, 11) is 1.63. The molecule has 0 radical (unpaired) electrons. The Kier molecular flexibility index (Phi) is 3.73. The fraction of sp³-hybridized carbons (Fsp3) is 0.0625. The van der Waals surface area contributed by atoms with Crippen LogP contribution in [0.1, 0.15) is 5.56 Å². The molecular weight excluding hydrogens is 266 g/mol. The third kappa shape index (κ3) is 2.97. The lowest BCUT2D eigenvalue weighted by Gasteiger charge is -2.01. The van der Waals surface area contributed by atoms with Crippen LogP contribution in [-0.2, 0) is 0 Å². The average molecular weight is 279 g/mol. The van der Waals surface area contributed by atoms with Crippen LogP contribution in [0.3, 0.4) is 0 Å². The minimum atomic E-state index is 0.436. The number of ether oxygens (including phenoxy) is 1. The van der Waals surface area contributed by atoms with Gasteiger partial charge in [0.05, 0.1) is 24.2 Å². The molecule has 0 unspecified atom stereocenters. The summed E-state index contributed by atoms with van der Waals surface area (Å²) < 4.78 is 5.10. The highest BCUT2D eigenvalue weighted by molar-refractivity contribution is 5.83. The summed E-state index contributed by atoms with van der Waals surface area (Å²) in [5, 5.41) is 4.79. The first-order valence-corrected chi connectivity index (χ1v) is 6.41. The van der Waals surface area contributed by atoms with Gasteiger partial charge in [-0.1, -0.05) is 17.3 Å². The molecule has 5 nitrogen and oxygen atoms in total. The SMILES string of the molecule is COc1ccc(C=NOc2ncnc3ccccc23)cc1. The first-order valence-electron chi connectivity index (χ1n) is 6.41. The van der Waals surface area contributed by atoms with Crippen molar-refractivity contribution in [2.45, 2.75) is 0 Å². The molecule has 3 rings (SSSR count). The van der Waals surface area contributed by atoms with Gasteiger partial charge in [0.1, 0.15) is 12.1 Å². The molecule has 5 heteroatoms. The van der Waals surface area contributed by atoms with Gasteiger partial charge in [0, 0.05) is 0 Å². The van der Waals surface area contributed by atoms with Gasteiger partial charge in [0.25, 0.3) is 5.88 Å². The zero-order valence-electron chi connectivity index (χ0n) is 11.4. The molecule has 1 heterocycles. The Bertz CT molecular complexity index is 765. The molecule has 104 valence electrons. The maximum absolute atomic E-state index is 5.37. The van der Waals surface area contributed by atoms with Crippen molar-refractivity contribution in [1.82, 2.24) is 9.97 Å². The monoisotopic (exact) mass is 279 g/mol. The molecule has 0 atom stereocenters. The van der Waals surface area contributed by atoms with Gasteiger partial charge >= 0.3 is 0 Å². The predicted molar refractivity (Wildman–Crippen MR) is 80.8 cm³/mol. The Balaban J connectivity index is 1.78. The molecule has 0 aliphatic carbocycles. The van der Waals surface area contributed by atoms with Crippen molar-refractivity contribution in [3.8, 4) is 11.6 Å². The summed E-state index contributed by atoms with van der Waals surface area (Å²) in [6.07, 6.45) is 3.08. The van der Waals surface area contributed by atoms with Crippen LogP contribution in [0.4, 0.5) is 0 Å². The second-order valence-corrected chi connectivity index (χ2v) is 4.29. The molecule has 21 heavy (non-hydrogen) atoms. The quantitative estimate of drug-likeness (QED) is 0.544. The molecular formula is C16H13N3O2. The number of methoxy groups -OCH3 is 1. The van der Waals surface area contributed by atoms with Crippen LogP contribution in [0.5, 0.6) is 11.6 Å². The minimum absolute atomic E-state index is 0.436. The van der Waals surface area contributed by atoms with Gasteiger partial charge in [-0.2, -0.15) is 4.98 Å². The van der Waals surface area contributed by atoms with E-state index in [9.17, 15) is 0 Å². The van der Waals surface area contributed by atoms with Crippen LogP contribution in [0, 0.1) is 0 Å². The van der Waals surface area contributed by atoms with Crippen LogP contribution < -0.4 is 9.57 Å². The van der Waals surface area contributed by atoms with E-state index in [1.165, 1.54) is 6.33 Å². The molecule has 0 aliphatic rings. The van der Waals surface area contributed by atoms with E-state index in [1.807, 2.05) is 48.5 Å². The predicted octanol–water partition coefficient (Wildman–Crippen LogP) is 3.05. The van der Waals surface area contributed by atoms with Gasteiger partial charge in [-0.05, 0) is 42.0 Å². The maximum atomic E-state index is 5.37. The largest absolute Gasteiger partial charge is 0.497 e. The van der Waals surface area contributed by atoms with Crippen molar-refractivity contribution < 1.29 is 9.57 Å². The second-order valence-electron chi connectivity index (χ2n) is 4.29. The van der Waals surface area contributed by atoms with Gasteiger partial charge in [0.2, 0.25) is 0 Å². The fourth-order valence-corrected chi connectivity index (χ4v) is 1.88. The number of hydrogen-bond donors (Lipinski definition) is 0. The average Bonchev–Trinajstić information content (AvgIpc) is 2.56. The number of rotatable bonds is 4. The molecule has 0 spiro atoms. The molecule has 0 amide bonds. The summed E-state index contributed by atoms with van der Waals surface area (Å²) in [5.41, 5.74) is 1.73. The second kappa shape index (κ2) is 6.00. The lowest BCUT2D eigenvalue weighted by molar-refractivity contribution is 0.334. The van der Waals surface area contributed by atoms with Crippen LogP contribution in [-0.4, -0.2) is 23.3 Å². The first kappa shape index (κ1) is 13.1. The van der Waals surface area contributed by atoms with Crippen LogP contribution in [0.25, 0.3) is 10.9 Å². The van der Waals surface area contributed by atoms with Gasteiger partial charge in [-0.15, -0.1) is 0 Å². The fourth-order valence-electron chi connectivity index (χ4n) is 1.88. The zero-order chi connectivity index (χ0) is 14.5. The van der Waals surface area contributed by atoms with Crippen LogP contribution in [0.15, 0.2) is 60.0 Å². The number of fused-ring (bicyclic) bond motifs is 1. The van der Waals surface area contributed by atoms with Crippen LogP contribution in [0.2, 0.25) is 0 Å². The number of benzene rings is 2. The van der Waals surface area contributed by atoms with E-state index in [0.717, 1.165) is 22.2 Å². The Morgan fingerprint density at radius 3 is 2.62 bits per heavy atom. The highest BCUT2D eigenvalue weighted by atomic mass is 16.6. The Morgan fingerprint density at radius 2 is 1.81 bits per heavy atom. The summed E-state index contributed by atoms with van der Waals surface area (Å²) in [4.78, 5) is 13.6. The lowest BCUT2D eigenvalue weighted by Crippen LogP contribution is -1.92. The molecule has 0 saturated heterocycles. The molecule has 0 fully saturated rings. The zero-order valence-corrected chi connectivity index (χ0v) is 11.4. The van der Waals surface area contributed by atoms with E-state index < -0.39 is 0 Å². The van der Waals surface area contributed by atoms with Crippen molar-refractivity contribution in [2.75, 3.05) is 7.11 Å². The Hall–Kier alpha value is -2.95. The van der Waals surface area contributed by atoms with Gasteiger partial charge in [-0.3, -0.25) is 0 Å². The molecule has 2 aromatic carbocycles. The molecule has 1 aromatic heterocycles. The number of hydrogen-bond acceptors (Lipinski definition) is 5. The summed E-state index contributed by atoms with van der Waals surface area (Å²) in [5.74, 6) is 1.24. The van der Waals surface area contributed by atoms with Crippen molar-refractivity contribution in [1.29, 1.82) is 0 Å². The van der Waals surface area contributed by atoms with Crippen LogP contribution >= 0.6 is 0 Å². The highest BCUT2D eigenvalue weighted by Crippen LogP contribution is 2.20. The minimum Gasteiger partial charge on any atom is -0.497 e. The number of aromatic nitrogens is 2. The number of oxime groups is 1. The lowest BCUT2D eigenvalue weighted by atomic mass is 10.2. The number of para-hydroxylation sites is 1. The molecule has 0 N–H and O–H groups in total. The van der Waals surface area contributed by atoms with E-state index in [-0.39, 0.29) is 0 Å². The third-order valence-corrected chi connectivity index (χ3v) is 2.96. The Labute approximate surface area is 121 Å². The molecule has 0 bridgehead atoms. The van der Waals surface area contributed by atoms with Gasteiger partial charge in [-0.25, -0.2) is 4.98 Å². The van der Waals surface area contributed by atoms with E-state index in [0.29, 0.717) is 5.88 Å². The van der Waals surface area contributed by atoms with Crippen molar-refractivity contribution >= 4 is 17.1 Å². The van der Waals surface area contributed by atoms with Gasteiger partial charge in [0.15, 0.2) is 0 Å². The van der Waals surface area contributed by atoms with Crippen molar-refractivity contribution in [2.24, 2.45) is 5.16 Å². The van der Waals surface area contributed by atoms with E-state index in [1.54, 1.807) is 13.3 Å². The highest BCUT2D eigenvalue weighted by Gasteiger charge is 2.03. The smallest absolute Gasteiger partial charge is 0.259 e. The Morgan fingerprint density at radius 1 is 1.00 bits per heavy atom. The summed E-state index contributed by atoms with van der Waals surface area (Å²) in [6, 6.07) is 15.1. The van der Waals surface area contributed by atoms with E-state index in [4.69, 9.17) is 9.57 Å².